The van der Waals surface area contributed by atoms with Gasteiger partial charge in [-0.15, -0.1) is 0 Å². The van der Waals surface area contributed by atoms with Crippen LogP contribution in [0.15, 0.2) is 47.2 Å². The lowest BCUT2D eigenvalue weighted by Gasteiger charge is -2.13. The second-order valence-electron chi connectivity index (χ2n) is 6.00. The van der Waals surface area contributed by atoms with Crippen LogP contribution in [0.2, 0.25) is 0 Å². The molecule has 128 valence electrons. The van der Waals surface area contributed by atoms with Crippen molar-refractivity contribution in [3.05, 3.63) is 60.1 Å². The summed E-state index contributed by atoms with van der Waals surface area (Å²) in [6, 6.07) is 9.00. The largest absolute Gasteiger partial charge is 0.467 e. The molecule has 0 saturated carbocycles. The zero-order valence-electron chi connectivity index (χ0n) is 13.6. The number of imidazole rings is 1. The first-order chi connectivity index (χ1) is 12.2. The number of aromatic nitrogens is 2. The highest BCUT2D eigenvalue weighted by molar-refractivity contribution is 6.02. The van der Waals surface area contributed by atoms with Gasteiger partial charge in [-0.3, -0.25) is 14.0 Å². The average Bonchev–Trinajstić information content (AvgIpc) is 3.39. The van der Waals surface area contributed by atoms with Gasteiger partial charge in [0.2, 0.25) is 5.82 Å². The zero-order chi connectivity index (χ0) is 17.2. The molecule has 0 spiro atoms. The molecular weight excluding hydrogens is 320 g/mol. The number of carbonyl (C=O) groups is 2. The van der Waals surface area contributed by atoms with Gasteiger partial charge in [-0.2, -0.15) is 0 Å². The second kappa shape index (κ2) is 6.43. The van der Waals surface area contributed by atoms with Crippen LogP contribution in [0.3, 0.4) is 0 Å². The first-order valence-electron chi connectivity index (χ1n) is 8.31. The van der Waals surface area contributed by atoms with Gasteiger partial charge in [0, 0.05) is 19.3 Å². The lowest BCUT2D eigenvalue weighted by Crippen LogP contribution is -2.28. The summed E-state index contributed by atoms with van der Waals surface area (Å²) < 4.78 is 6.87. The lowest BCUT2D eigenvalue weighted by molar-refractivity contribution is 0.0789. The van der Waals surface area contributed by atoms with Crippen molar-refractivity contribution in [2.45, 2.75) is 19.4 Å². The summed E-state index contributed by atoms with van der Waals surface area (Å²) >= 11 is 0. The minimum Gasteiger partial charge on any atom is -0.467 e. The molecule has 7 heteroatoms. The SMILES string of the molecule is O=C(NCc1ccco1)c1nc(C(=O)N2CCCC2)c2ccccn12. The molecule has 2 amide bonds. The van der Waals surface area contributed by atoms with Gasteiger partial charge in [0.05, 0.1) is 18.3 Å². The Morgan fingerprint density at radius 3 is 2.76 bits per heavy atom. The van der Waals surface area contributed by atoms with Crippen molar-refractivity contribution in [1.29, 1.82) is 0 Å². The number of rotatable bonds is 4. The van der Waals surface area contributed by atoms with Crippen LogP contribution in [-0.4, -0.2) is 39.2 Å². The van der Waals surface area contributed by atoms with Gasteiger partial charge in [0.15, 0.2) is 5.69 Å². The van der Waals surface area contributed by atoms with E-state index in [2.05, 4.69) is 10.3 Å². The van der Waals surface area contributed by atoms with Crippen molar-refractivity contribution >= 4 is 17.3 Å². The van der Waals surface area contributed by atoms with Crippen LogP contribution in [0, 0.1) is 0 Å². The number of nitrogens with one attached hydrogen (secondary N) is 1. The molecule has 4 heterocycles. The molecule has 7 nitrogen and oxygen atoms in total. The Hall–Kier alpha value is -3.09. The highest BCUT2D eigenvalue weighted by atomic mass is 16.3. The van der Waals surface area contributed by atoms with Crippen LogP contribution in [0.1, 0.15) is 39.7 Å². The maximum atomic E-state index is 12.7. The Morgan fingerprint density at radius 2 is 2.00 bits per heavy atom. The molecular formula is C18H18N4O3. The highest BCUT2D eigenvalue weighted by Crippen LogP contribution is 2.18. The molecule has 1 aliphatic rings. The molecule has 0 aromatic carbocycles. The van der Waals surface area contributed by atoms with E-state index in [9.17, 15) is 9.59 Å². The molecule has 0 atom stereocenters. The molecule has 1 fully saturated rings. The van der Waals surface area contributed by atoms with Crippen molar-refractivity contribution in [2.75, 3.05) is 13.1 Å². The first kappa shape index (κ1) is 15.4. The molecule has 25 heavy (non-hydrogen) atoms. The average molecular weight is 338 g/mol. The fourth-order valence-corrected chi connectivity index (χ4v) is 3.08. The Morgan fingerprint density at radius 1 is 1.16 bits per heavy atom. The lowest BCUT2D eigenvalue weighted by atomic mass is 10.3. The van der Waals surface area contributed by atoms with E-state index in [0.29, 0.717) is 17.0 Å². The van der Waals surface area contributed by atoms with Gasteiger partial charge < -0.3 is 14.6 Å². The smallest absolute Gasteiger partial charge is 0.288 e. The molecule has 0 aliphatic carbocycles. The predicted molar refractivity (Wildman–Crippen MR) is 90.2 cm³/mol. The van der Waals surface area contributed by atoms with Crippen molar-refractivity contribution in [3.63, 3.8) is 0 Å². The molecule has 1 N–H and O–H groups in total. The Balaban J connectivity index is 1.64. The Labute approximate surface area is 144 Å². The van der Waals surface area contributed by atoms with Gasteiger partial charge in [0.1, 0.15) is 5.76 Å². The number of furan rings is 1. The number of fused-ring (bicyclic) bond motifs is 1. The van der Waals surface area contributed by atoms with Crippen LogP contribution in [0.5, 0.6) is 0 Å². The third-order valence-corrected chi connectivity index (χ3v) is 4.35. The van der Waals surface area contributed by atoms with Crippen LogP contribution >= 0.6 is 0 Å². The van der Waals surface area contributed by atoms with Crippen LogP contribution < -0.4 is 5.32 Å². The molecule has 0 unspecified atom stereocenters. The molecule has 4 rings (SSSR count). The van der Waals surface area contributed by atoms with Crippen molar-refractivity contribution in [1.82, 2.24) is 19.6 Å². The fraction of sp³-hybridized carbons (Fsp3) is 0.278. The van der Waals surface area contributed by atoms with E-state index < -0.39 is 0 Å². The number of likely N-dealkylation sites (tertiary alicyclic amines) is 1. The Kier molecular flexibility index (Phi) is 3.97. The Bertz CT molecular complexity index is 908. The maximum Gasteiger partial charge on any atom is 0.288 e. The molecule has 3 aromatic rings. The summed E-state index contributed by atoms with van der Waals surface area (Å²) in [6.07, 6.45) is 5.31. The third-order valence-electron chi connectivity index (χ3n) is 4.35. The van der Waals surface area contributed by atoms with Crippen LogP contribution in [0.25, 0.3) is 5.52 Å². The van der Waals surface area contributed by atoms with E-state index in [0.717, 1.165) is 25.9 Å². The summed E-state index contributed by atoms with van der Waals surface area (Å²) in [5.41, 5.74) is 0.966. The minimum atomic E-state index is -0.349. The molecule has 1 saturated heterocycles. The fourth-order valence-electron chi connectivity index (χ4n) is 3.08. The van der Waals surface area contributed by atoms with E-state index in [-0.39, 0.29) is 24.2 Å². The number of hydrogen-bond acceptors (Lipinski definition) is 4. The van der Waals surface area contributed by atoms with Gasteiger partial charge >= 0.3 is 0 Å². The quantitative estimate of drug-likeness (QED) is 0.790. The maximum absolute atomic E-state index is 12.7. The highest BCUT2D eigenvalue weighted by Gasteiger charge is 2.26. The minimum absolute atomic E-state index is 0.119. The molecule has 0 bridgehead atoms. The standard InChI is InChI=1S/C18H18N4O3/c23-17(19-12-13-6-5-11-25-13)16-20-15(14-7-1-2-10-22(14)16)18(24)21-8-3-4-9-21/h1-2,5-7,10-11H,3-4,8-9,12H2,(H,19,23). The molecule has 3 aromatic heterocycles. The summed E-state index contributed by atoms with van der Waals surface area (Å²) in [4.78, 5) is 31.4. The predicted octanol–water partition coefficient (Wildman–Crippen LogP) is 2.09. The second-order valence-corrected chi connectivity index (χ2v) is 6.00. The van der Waals surface area contributed by atoms with Gasteiger partial charge in [0.25, 0.3) is 11.8 Å². The summed E-state index contributed by atoms with van der Waals surface area (Å²) in [5, 5.41) is 2.77. The summed E-state index contributed by atoms with van der Waals surface area (Å²) in [7, 11) is 0. The topological polar surface area (TPSA) is 79.8 Å². The number of amides is 2. The monoisotopic (exact) mass is 338 g/mol. The van der Waals surface area contributed by atoms with Gasteiger partial charge in [-0.25, -0.2) is 4.98 Å². The van der Waals surface area contributed by atoms with E-state index >= 15 is 0 Å². The van der Waals surface area contributed by atoms with Crippen molar-refractivity contribution in [2.24, 2.45) is 0 Å². The zero-order valence-corrected chi connectivity index (χ0v) is 13.6. The van der Waals surface area contributed by atoms with Crippen LogP contribution in [-0.2, 0) is 6.54 Å². The number of pyridine rings is 1. The van der Waals surface area contributed by atoms with E-state index in [4.69, 9.17) is 4.42 Å². The molecule has 1 aliphatic heterocycles. The summed E-state index contributed by atoms with van der Waals surface area (Å²) in [6.45, 7) is 1.75. The van der Waals surface area contributed by atoms with Gasteiger partial charge in [-0.1, -0.05) is 6.07 Å². The normalized spacial score (nSPS) is 14.2. The van der Waals surface area contributed by atoms with Crippen molar-refractivity contribution < 1.29 is 14.0 Å². The summed E-state index contributed by atoms with van der Waals surface area (Å²) in [5.74, 6) is 0.386. The van der Waals surface area contributed by atoms with Crippen LogP contribution in [0.4, 0.5) is 0 Å². The number of carbonyl (C=O) groups excluding carboxylic acids is 2. The third kappa shape index (κ3) is 2.88. The van der Waals surface area contributed by atoms with E-state index in [1.165, 1.54) is 0 Å². The molecule has 0 radical (unpaired) electrons. The number of hydrogen-bond donors (Lipinski definition) is 1. The van der Waals surface area contributed by atoms with E-state index in [1.807, 2.05) is 12.1 Å². The van der Waals surface area contributed by atoms with E-state index in [1.54, 1.807) is 40.0 Å². The first-order valence-corrected chi connectivity index (χ1v) is 8.31. The van der Waals surface area contributed by atoms with Crippen molar-refractivity contribution in [3.8, 4) is 0 Å². The van der Waals surface area contributed by atoms with Gasteiger partial charge in [-0.05, 0) is 37.1 Å². The number of nitrogens with zero attached hydrogens (tertiary/aromatic N) is 3.